The van der Waals surface area contributed by atoms with Gasteiger partial charge in [-0.2, -0.15) is 4.31 Å². The van der Waals surface area contributed by atoms with Crippen molar-refractivity contribution in [2.45, 2.75) is 38.6 Å². The average Bonchev–Trinajstić information content (AvgIpc) is 2.55. The standard InChI is InChI=1S/C16H25N3O4S.ClH/c1-3-10-24(21,22)19-9-5-4-6-14(19)16(20)18-12-7-8-15(23-2)13(17)11-12;/h7-8,11,14H,3-6,9-10,17H2,1-2H3,(H,18,20);1H. The second kappa shape index (κ2) is 9.26. The van der Waals surface area contributed by atoms with E-state index in [2.05, 4.69) is 5.32 Å². The summed E-state index contributed by atoms with van der Waals surface area (Å²) in [6, 6.07) is 4.28. The van der Waals surface area contributed by atoms with Gasteiger partial charge in [0.25, 0.3) is 0 Å². The highest BCUT2D eigenvalue weighted by molar-refractivity contribution is 7.89. The van der Waals surface area contributed by atoms with Crippen LogP contribution in [0.4, 0.5) is 11.4 Å². The van der Waals surface area contributed by atoms with Crippen LogP contribution < -0.4 is 15.8 Å². The lowest BCUT2D eigenvalue weighted by Crippen LogP contribution is -2.50. The number of halogens is 1. The molecule has 1 aromatic rings. The van der Waals surface area contributed by atoms with Crippen LogP contribution in [-0.2, 0) is 14.8 Å². The van der Waals surface area contributed by atoms with Crippen LogP contribution in [0.25, 0.3) is 0 Å². The van der Waals surface area contributed by atoms with Crippen molar-refractivity contribution in [2.75, 3.05) is 30.5 Å². The van der Waals surface area contributed by atoms with Crippen LogP contribution in [0.3, 0.4) is 0 Å². The second-order valence-electron chi connectivity index (χ2n) is 5.88. The van der Waals surface area contributed by atoms with E-state index in [9.17, 15) is 13.2 Å². The van der Waals surface area contributed by atoms with Crippen molar-refractivity contribution in [3.63, 3.8) is 0 Å². The molecule has 0 radical (unpaired) electrons. The number of nitrogens with one attached hydrogen (secondary N) is 1. The molecule has 1 unspecified atom stereocenters. The van der Waals surface area contributed by atoms with Crippen LogP contribution in [0, 0.1) is 0 Å². The molecule has 25 heavy (non-hydrogen) atoms. The Balaban J connectivity index is 0.00000312. The highest BCUT2D eigenvalue weighted by Gasteiger charge is 2.36. The zero-order valence-corrected chi connectivity index (χ0v) is 16.2. The number of rotatable bonds is 6. The molecular formula is C16H26ClN3O4S. The van der Waals surface area contributed by atoms with Crippen molar-refractivity contribution in [1.82, 2.24) is 4.31 Å². The third-order valence-electron chi connectivity index (χ3n) is 4.07. The average molecular weight is 392 g/mol. The van der Waals surface area contributed by atoms with E-state index < -0.39 is 16.1 Å². The highest BCUT2D eigenvalue weighted by atomic mass is 35.5. The fraction of sp³-hybridized carbons (Fsp3) is 0.562. The van der Waals surface area contributed by atoms with Gasteiger partial charge < -0.3 is 15.8 Å². The number of hydrogen-bond acceptors (Lipinski definition) is 5. The molecule has 7 nitrogen and oxygen atoms in total. The van der Waals surface area contributed by atoms with Gasteiger partial charge >= 0.3 is 0 Å². The summed E-state index contributed by atoms with van der Waals surface area (Å²) in [5.41, 5.74) is 6.78. The molecule has 1 saturated heterocycles. The lowest BCUT2D eigenvalue weighted by molar-refractivity contribution is -0.120. The molecule has 1 aliphatic heterocycles. The van der Waals surface area contributed by atoms with Gasteiger partial charge in [0.05, 0.1) is 18.6 Å². The first-order valence-electron chi connectivity index (χ1n) is 8.13. The van der Waals surface area contributed by atoms with Gasteiger partial charge in [0, 0.05) is 12.2 Å². The van der Waals surface area contributed by atoms with E-state index >= 15 is 0 Å². The van der Waals surface area contributed by atoms with Crippen molar-refractivity contribution < 1.29 is 17.9 Å². The van der Waals surface area contributed by atoms with Gasteiger partial charge in [-0.05, 0) is 37.5 Å². The number of sulfonamides is 1. The monoisotopic (exact) mass is 391 g/mol. The molecule has 2 rings (SSSR count). The number of hydrogen-bond donors (Lipinski definition) is 2. The molecule has 1 amide bonds. The van der Waals surface area contributed by atoms with Crippen LogP contribution in [0.2, 0.25) is 0 Å². The normalized spacial score (nSPS) is 18.2. The topological polar surface area (TPSA) is 102 Å². The van der Waals surface area contributed by atoms with E-state index in [1.54, 1.807) is 18.2 Å². The Kier molecular flexibility index (Phi) is 7.98. The Morgan fingerprint density at radius 2 is 2.12 bits per heavy atom. The van der Waals surface area contributed by atoms with Crippen LogP contribution in [0.1, 0.15) is 32.6 Å². The Morgan fingerprint density at radius 1 is 1.40 bits per heavy atom. The first-order valence-corrected chi connectivity index (χ1v) is 9.74. The van der Waals surface area contributed by atoms with Crippen LogP contribution in [0.15, 0.2) is 18.2 Å². The smallest absolute Gasteiger partial charge is 0.242 e. The Labute approximate surface area is 155 Å². The van der Waals surface area contributed by atoms with Gasteiger partial charge in [-0.1, -0.05) is 13.3 Å². The van der Waals surface area contributed by atoms with Crippen LogP contribution >= 0.6 is 12.4 Å². The summed E-state index contributed by atoms with van der Waals surface area (Å²) >= 11 is 0. The van der Waals surface area contributed by atoms with Gasteiger partial charge in [0.2, 0.25) is 15.9 Å². The summed E-state index contributed by atoms with van der Waals surface area (Å²) in [7, 11) is -1.89. The summed E-state index contributed by atoms with van der Waals surface area (Å²) in [5, 5.41) is 2.77. The van der Waals surface area contributed by atoms with Gasteiger partial charge in [-0.3, -0.25) is 4.79 Å². The van der Waals surface area contributed by atoms with E-state index in [0.717, 1.165) is 12.8 Å². The largest absolute Gasteiger partial charge is 0.495 e. The van der Waals surface area contributed by atoms with E-state index in [1.165, 1.54) is 11.4 Å². The number of nitrogens with zero attached hydrogens (tertiary/aromatic N) is 1. The molecule has 1 aliphatic rings. The molecule has 1 aromatic carbocycles. The number of nitrogens with two attached hydrogens (primary N) is 1. The minimum absolute atomic E-state index is 0. The number of piperidine rings is 1. The lowest BCUT2D eigenvalue weighted by atomic mass is 10.0. The predicted octanol–water partition coefficient (Wildman–Crippen LogP) is 2.23. The summed E-state index contributed by atoms with van der Waals surface area (Å²) < 4.78 is 31.2. The SMILES string of the molecule is CCCS(=O)(=O)N1CCCCC1C(=O)Nc1ccc(OC)c(N)c1.Cl. The highest BCUT2D eigenvalue weighted by Crippen LogP contribution is 2.26. The molecule has 0 saturated carbocycles. The number of carbonyl (C=O) groups is 1. The zero-order chi connectivity index (χ0) is 17.7. The van der Waals surface area contributed by atoms with Gasteiger partial charge in [0.15, 0.2) is 0 Å². The molecular weight excluding hydrogens is 366 g/mol. The van der Waals surface area contributed by atoms with Crippen LogP contribution in [0.5, 0.6) is 5.75 Å². The number of carbonyl (C=O) groups excluding carboxylic acids is 1. The van der Waals surface area contributed by atoms with Crippen molar-refractivity contribution in [2.24, 2.45) is 0 Å². The molecule has 0 aliphatic carbocycles. The minimum Gasteiger partial charge on any atom is -0.495 e. The third-order valence-corrected chi connectivity index (χ3v) is 6.15. The van der Waals surface area contributed by atoms with Crippen molar-refractivity contribution in [3.8, 4) is 5.75 Å². The summed E-state index contributed by atoms with van der Waals surface area (Å²) in [6.45, 7) is 2.21. The second-order valence-corrected chi connectivity index (χ2v) is 7.93. The Morgan fingerprint density at radius 3 is 2.72 bits per heavy atom. The first-order chi connectivity index (χ1) is 11.4. The molecule has 0 bridgehead atoms. The number of benzene rings is 1. The van der Waals surface area contributed by atoms with Gasteiger partial charge in [-0.25, -0.2) is 8.42 Å². The maximum atomic E-state index is 12.6. The fourth-order valence-electron chi connectivity index (χ4n) is 2.91. The molecule has 1 atom stereocenters. The molecule has 142 valence electrons. The number of methoxy groups -OCH3 is 1. The van der Waals surface area contributed by atoms with Gasteiger partial charge in [0.1, 0.15) is 11.8 Å². The van der Waals surface area contributed by atoms with E-state index in [0.29, 0.717) is 36.5 Å². The molecule has 1 fully saturated rings. The van der Waals surface area contributed by atoms with Crippen molar-refractivity contribution >= 4 is 39.7 Å². The van der Waals surface area contributed by atoms with E-state index in [1.807, 2.05) is 6.92 Å². The maximum Gasteiger partial charge on any atom is 0.242 e. The zero-order valence-electron chi connectivity index (χ0n) is 14.5. The lowest BCUT2D eigenvalue weighted by Gasteiger charge is -2.33. The van der Waals surface area contributed by atoms with Crippen molar-refractivity contribution in [1.29, 1.82) is 0 Å². The molecule has 0 spiro atoms. The molecule has 9 heteroatoms. The number of anilines is 2. The summed E-state index contributed by atoms with van der Waals surface area (Å²) in [4.78, 5) is 12.6. The Bertz CT molecular complexity index is 697. The molecule has 0 aromatic heterocycles. The van der Waals surface area contributed by atoms with Crippen LogP contribution in [-0.4, -0.2) is 44.1 Å². The third kappa shape index (κ3) is 5.23. The Hall–Kier alpha value is -1.51. The number of ether oxygens (including phenoxy) is 1. The quantitative estimate of drug-likeness (QED) is 0.724. The predicted molar refractivity (Wildman–Crippen MR) is 102 cm³/mol. The van der Waals surface area contributed by atoms with E-state index in [4.69, 9.17) is 10.5 Å². The first kappa shape index (κ1) is 21.5. The summed E-state index contributed by atoms with van der Waals surface area (Å²) in [6.07, 6.45) is 2.67. The summed E-state index contributed by atoms with van der Waals surface area (Å²) in [5.74, 6) is 0.267. The molecule has 1 heterocycles. The van der Waals surface area contributed by atoms with E-state index in [-0.39, 0.29) is 24.1 Å². The number of nitrogen functional groups attached to an aromatic ring is 1. The molecule has 3 N–H and O–H groups in total. The fourth-order valence-corrected chi connectivity index (χ4v) is 4.66. The number of amides is 1. The van der Waals surface area contributed by atoms with Crippen molar-refractivity contribution in [3.05, 3.63) is 18.2 Å². The minimum atomic E-state index is -3.41. The maximum absolute atomic E-state index is 12.6. The van der Waals surface area contributed by atoms with Gasteiger partial charge in [-0.15, -0.1) is 12.4 Å².